The number of carbonyl (C=O) groups is 2. The SMILES string of the molecule is CCC(Nc1ncnc2c1nc(-c1cnc(C)nc1)n2CC)C(=O)N1CC(=O)NC(C)(C)C1.[HH]. The standard InChI is InChI=1S/C22H29N9O2.H2/c1-6-15(21(33)30-10-16(32)29-22(4,5)11-30)27-18-17-20(26-12-25-18)31(7-2)19(28-17)14-8-23-13(3)24-9-14;/h8-9,12,15H,6-7,10-11H2,1-5H3,(H,29,32)(H,25,26,27);1H. The van der Waals surface area contributed by atoms with Crippen LogP contribution in [0.2, 0.25) is 0 Å². The lowest BCUT2D eigenvalue weighted by molar-refractivity contribution is -0.141. The van der Waals surface area contributed by atoms with E-state index < -0.39 is 11.6 Å². The summed E-state index contributed by atoms with van der Waals surface area (Å²) in [6.45, 7) is 10.7. The molecule has 0 saturated carbocycles. The van der Waals surface area contributed by atoms with Gasteiger partial charge in [-0.2, -0.15) is 0 Å². The van der Waals surface area contributed by atoms with E-state index in [1.54, 1.807) is 17.3 Å². The fourth-order valence-corrected chi connectivity index (χ4v) is 4.11. The van der Waals surface area contributed by atoms with Gasteiger partial charge in [-0.1, -0.05) is 6.92 Å². The molecule has 11 nitrogen and oxygen atoms in total. The molecule has 1 aliphatic heterocycles. The summed E-state index contributed by atoms with van der Waals surface area (Å²) in [6.07, 6.45) is 5.45. The van der Waals surface area contributed by atoms with Gasteiger partial charge < -0.3 is 20.1 Å². The van der Waals surface area contributed by atoms with Crippen LogP contribution < -0.4 is 10.6 Å². The van der Waals surface area contributed by atoms with Gasteiger partial charge in [0.05, 0.1) is 17.6 Å². The Kier molecular flexibility index (Phi) is 5.96. The fourth-order valence-electron chi connectivity index (χ4n) is 4.11. The third-order valence-corrected chi connectivity index (χ3v) is 5.61. The van der Waals surface area contributed by atoms with E-state index in [4.69, 9.17) is 4.98 Å². The highest BCUT2D eigenvalue weighted by Gasteiger charge is 2.35. The summed E-state index contributed by atoms with van der Waals surface area (Å²) in [5, 5.41) is 6.16. The maximum Gasteiger partial charge on any atom is 0.245 e. The lowest BCUT2D eigenvalue weighted by Gasteiger charge is -2.39. The normalized spacial score (nSPS) is 16.5. The highest BCUT2D eigenvalue weighted by atomic mass is 16.2. The molecule has 0 radical (unpaired) electrons. The van der Waals surface area contributed by atoms with E-state index in [1.807, 2.05) is 39.2 Å². The zero-order valence-electron chi connectivity index (χ0n) is 19.6. The van der Waals surface area contributed by atoms with Crippen molar-refractivity contribution in [2.75, 3.05) is 18.4 Å². The Morgan fingerprint density at radius 2 is 1.97 bits per heavy atom. The number of hydrogen-bond donors (Lipinski definition) is 2. The molecule has 4 rings (SSSR count). The van der Waals surface area contributed by atoms with Crippen LogP contribution in [0.1, 0.15) is 41.4 Å². The molecule has 11 heteroatoms. The minimum absolute atomic E-state index is 0. The molecular formula is C22H31N9O2. The molecular weight excluding hydrogens is 422 g/mol. The molecule has 1 saturated heterocycles. The average Bonchev–Trinajstić information content (AvgIpc) is 3.15. The van der Waals surface area contributed by atoms with E-state index in [-0.39, 0.29) is 19.8 Å². The second kappa shape index (κ2) is 8.72. The van der Waals surface area contributed by atoms with Gasteiger partial charge in [0.1, 0.15) is 24.0 Å². The van der Waals surface area contributed by atoms with Crippen molar-refractivity contribution in [1.82, 2.24) is 39.7 Å². The van der Waals surface area contributed by atoms with E-state index in [0.717, 1.165) is 5.56 Å². The maximum absolute atomic E-state index is 13.3. The molecule has 1 fully saturated rings. The van der Waals surface area contributed by atoms with Crippen LogP contribution in [-0.2, 0) is 16.1 Å². The number of fused-ring (bicyclic) bond motifs is 1. The Morgan fingerprint density at radius 1 is 1.24 bits per heavy atom. The second-order valence-electron chi connectivity index (χ2n) is 8.82. The van der Waals surface area contributed by atoms with Crippen molar-refractivity contribution in [3.05, 3.63) is 24.5 Å². The van der Waals surface area contributed by atoms with Crippen molar-refractivity contribution in [3.8, 4) is 11.4 Å². The first-order valence-electron chi connectivity index (χ1n) is 11.1. The summed E-state index contributed by atoms with van der Waals surface area (Å²) in [5.41, 5.74) is 1.52. The summed E-state index contributed by atoms with van der Waals surface area (Å²) in [7, 11) is 0. The molecule has 3 aromatic rings. The first-order chi connectivity index (χ1) is 15.7. The minimum Gasteiger partial charge on any atom is -0.356 e. The summed E-state index contributed by atoms with van der Waals surface area (Å²) in [5.74, 6) is 1.53. The van der Waals surface area contributed by atoms with Gasteiger partial charge in [-0.15, -0.1) is 0 Å². The van der Waals surface area contributed by atoms with Gasteiger partial charge in [-0.3, -0.25) is 9.59 Å². The zero-order chi connectivity index (χ0) is 23.8. The smallest absolute Gasteiger partial charge is 0.245 e. The van der Waals surface area contributed by atoms with Crippen molar-refractivity contribution >= 4 is 28.8 Å². The third kappa shape index (κ3) is 4.48. The largest absolute Gasteiger partial charge is 0.356 e. The van der Waals surface area contributed by atoms with Gasteiger partial charge in [0.15, 0.2) is 17.0 Å². The van der Waals surface area contributed by atoms with Gasteiger partial charge in [0, 0.05) is 26.9 Å². The molecule has 4 heterocycles. The average molecular weight is 454 g/mol. The van der Waals surface area contributed by atoms with E-state index in [1.165, 1.54) is 6.33 Å². The van der Waals surface area contributed by atoms with Gasteiger partial charge in [0.2, 0.25) is 11.8 Å². The first-order valence-corrected chi connectivity index (χ1v) is 11.1. The van der Waals surface area contributed by atoms with Gasteiger partial charge in [0.25, 0.3) is 0 Å². The predicted octanol–water partition coefficient (Wildman–Crippen LogP) is 1.79. The number of nitrogens with one attached hydrogen (secondary N) is 2. The van der Waals surface area contributed by atoms with Crippen molar-refractivity contribution in [2.45, 2.75) is 59.2 Å². The highest BCUT2D eigenvalue weighted by molar-refractivity contribution is 5.93. The van der Waals surface area contributed by atoms with Crippen LogP contribution in [0.5, 0.6) is 0 Å². The number of anilines is 1. The molecule has 176 valence electrons. The monoisotopic (exact) mass is 453 g/mol. The summed E-state index contributed by atoms with van der Waals surface area (Å²) >= 11 is 0. The van der Waals surface area contributed by atoms with E-state index >= 15 is 0 Å². The molecule has 1 atom stereocenters. The number of aromatic nitrogens is 6. The van der Waals surface area contributed by atoms with Crippen LogP contribution in [0, 0.1) is 6.92 Å². The molecule has 33 heavy (non-hydrogen) atoms. The number of hydrogen-bond acceptors (Lipinski definition) is 8. The molecule has 1 unspecified atom stereocenters. The molecule has 2 amide bonds. The van der Waals surface area contributed by atoms with E-state index in [9.17, 15) is 9.59 Å². The maximum atomic E-state index is 13.3. The summed E-state index contributed by atoms with van der Waals surface area (Å²) < 4.78 is 1.97. The van der Waals surface area contributed by atoms with Crippen LogP contribution >= 0.6 is 0 Å². The number of nitrogens with zero attached hydrogens (tertiary/aromatic N) is 7. The number of carbonyl (C=O) groups excluding carboxylic acids is 2. The lowest BCUT2D eigenvalue weighted by atomic mass is 10.0. The third-order valence-electron chi connectivity index (χ3n) is 5.61. The topological polar surface area (TPSA) is 131 Å². The Labute approximate surface area is 193 Å². The van der Waals surface area contributed by atoms with Crippen molar-refractivity contribution in [3.63, 3.8) is 0 Å². The number of aryl methyl sites for hydroxylation is 2. The number of imidazole rings is 1. The minimum atomic E-state index is -0.553. The van der Waals surface area contributed by atoms with Gasteiger partial charge in [-0.25, -0.2) is 24.9 Å². The number of amides is 2. The molecule has 3 aromatic heterocycles. The van der Waals surface area contributed by atoms with E-state index in [0.29, 0.717) is 48.1 Å². The van der Waals surface area contributed by atoms with Crippen molar-refractivity contribution < 1.29 is 11.0 Å². The Hall–Kier alpha value is -3.63. The second-order valence-corrected chi connectivity index (χ2v) is 8.82. The molecule has 2 N–H and O–H groups in total. The molecule has 0 aromatic carbocycles. The van der Waals surface area contributed by atoms with Crippen LogP contribution in [-0.4, -0.2) is 70.9 Å². The molecule has 1 aliphatic rings. The van der Waals surface area contributed by atoms with Crippen LogP contribution in [0.3, 0.4) is 0 Å². The first kappa shape index (κ1) is 22.6. The Balaban J connectivity index is 0.00000324. The zero-order valence-corrected chi connectivity index (χ0v) is 19.6. The van der Waals surface area contributed by atoms with Gasteiger partial charge >= 0.3 is 0 Å². The molecule has 0 bridgehead atoms. The van der Waals surface area contributed by atoms with Crippen molar-refractivity contribution in [1.29, 1.82) is 0 Å². The summed E-state index contributed by atoms with van der Waals surface area (Å²) in [4.78, 5) is 49.1. The number of piperazine rings is 1. The molecule has 0 spiro atoms. The van der Waals surface area contributed by atoms with Crippen LogP contribution in [0.15, 0.2) is 18.7 Å². The molecule has 0 aliphatic carbocycles. The Bertz CT molecular complexity index is 1190. The van der Waals surface area contributed by atoms with Crippen LogP contribution in [0.25, 0.3) is 22.6 Å². The van der Waals surface area contributed by atoms with Crippen molar-refractivity contribution in [2.24, 2.45) is 0 Å². The highest BCUT2D eigenvalue weighted by Crippen LogP contribution is 2.27. The predicted molar refractivity (Wildman–Crippen MR) is 125 cm³/mol. The van der Waals surface area contributed by atoms with Crippen LogP contribution in [0.4, 0.5) is 5.82 Å². The quantitative estimate of drug-likeness (QED) is 0.578. The van der Waals surface area contributed by atoms with E-state index in [2.05, 4.69) is 30.6 Å². The Morgan fingerprint density at radius 3 is 2.61 bits per heavy atom. The summed E-state index contributed by atoms with van der Waals surface area (Å²) in [6, 6.07) is -0.553. The number of rotatable bonds is 6. The lowest BCUT2D eigenvalue weighted by Crippen LogP contribution is -2.62. The van der Waals surface area contributed by atoms with Gasteiger partial charge in [-0.05, 0) is 34.1 Å². The fraction of sp³-hybridized carbons (Fsp3) is 0.500.